The Morgan fingerprint density at radius 3 is 2.00 bits per heavy atom. The fourth-order valence-corrected chi connectivity index (χ4v) is 1.75. The van der Waals surface area contributed by atoms with Gasteiger partial charge in [-0.15, -0.1) is 6.58 Å². The summed E-state index contributed by atoms with van der Waals surface area (Å²) in [5.74, 6) is 1.42. The SMILES string of the molecule is C=CCC(CC)C(CC)CC=N. The van der Waals surface area contributed by atoms with E-state index in [1.165, 1.54) is 12.8 Å². The highest BCUT2D eigenvalue weighted by Gasteiger charge is 2.15. The van der Waals surface area contributed by atoms with Crippen LogP contribution in [0.15, 0.2) is 12.7 Å². The van der Waals surface area contributed by atoms with Gasteiger partial charge in [0.2, 0.25) is 0 Å². The van der Waals surface area contributed by atoms with E-state index in [4.69, 9.17) is 5.41 Å². The van der Waals surface area contributed by atoms with E-state index in [1.807, 2.05) is 6.08 Å². The van der Waals surface area contributed by atoms with Gasteiger partial charge in [0.1, 0.15) is 0 Å². The fraction of sp³-hybridized carbons (Fsp3) is 0.727. The number of allylic oxidation sites excluding steroid dienone is 1. The summed E-state index contributed by atoms with van der Waals surface area (Å²) in [5.41, 5.74) is 0. The summed E-state index contributed by atoms with van der Waals surface area (Å²) in [4.78, 5) is 0. The molecule has 2 unspecified atom stereocenters. The van der Waals surface area contributed by atoms with Gasteiger partial charge < -0.3 is 5.41 Å². The summed E-state index contributed by atoms with van der Waals surface area (Å²) < 4.78 is 0. The summed E-state index contributed by atoms with van der Waals surface area (Å²) in [7, 11) is 0. The van der Waals surface area contributed by atoms with Crippen molar-refractivity contribution in [3.63, 3.8) is 0 Å². The second-order valence-electron chi connectivity index (χ2n) is 3.30. The average molecular weight is 167 g/mol. The van der Waals surface area contributed by atoms with Crippen molar-refractivity contribution in [1.29, 1.82) is 5.41 Å². The molecule has 1 N–H and O–H groups in total. The molecule has 0 radical (unpaired) electrons. The molecule has 0 amide bonds. The quantitative estimate of drug-likeness (QED) is 0.442. The van der Waals surface area contributed by atoms with E-state index >= 15 is 0 Å². The van der Waals surface area contributed by atoms with Gasteiger partial charge in [-0.1, -0.05) is 32.8 Å². The summed E-state index contributed by atoms with van der Waals surface area (Å²) in [6, 6.07) is 0. The van der Waals surface area contributed by atoms with Crippen molar-refractivity contribution in [2.75, 3.05) is 0 Å². The molecule has 0 heterocycles. The van der Waals surface area contributed by atoms with Crippen LogP contribution in [-0.2, 0) is 0 Å². The third kappa shape index (κ3) is 3.70. The van der Waals surface area contributed by atoms with Gasteiger partial charge >= 0.3 is 0 Å². The zero-order chi connectivity index (χ0) is 9.40. The Balaban J connectivity index is 4.00. The smallest absolute Gasteiger partial charge is 0.00449 e. The largest absolute Gasteiger partial charge is 0.313 e. The third-order valence-electron chi connectivity index (χ3n) is 2.61. The van der Waals surface area contributed by atoms with Gasteiger partial charge in [0.05, 0.1) is 0 Å². The number of hydrogen-bond donors (Lipinski definition) is 1. The molecule has 0 fully saturated rings. The summed E-state index contributed by atoms with van der Waals surface area (Å²) in [6.45, 7) is 8.20. The summed E-state index contributed by atoms with van der Waals surface area (Å²) in [5, 5.41) is 7.09. The zero-order valence-electron chi connectivity index (χ0n) is 8.34. The van der Waals surface area contributed by atoms with E-state index in [-0.39, 0.29) is 0 Å². The predicted molar refractivity (Wildman–Crippen MR) is 55.8 cm³/mol. The van der Waals surface area contributed by atoms with Gasteiger partial charge in [-0.2, -0.15) is 0 Å². The predicted octanol–water partition coefficient (Wildman–Crippen LogP) is 3.65. The van der Waals surface area contributed by atoms with E-state index in [1.54, 1.807) is 6.21 Å². The Morgan fingerprint density at radius 1 is 1.17 bits per heavy atom. The Kier molecular flexibility index (Phi) is 6.73. The van der Waals surface area contributed by atoms with Crippen LogP contribution in [0, 0.1) is 17.2 Å². The molecule has 70 valence electrons. The Morgan fingerprint density at radius 2 is 1.67 bits per heavy atom. The highest BCUT2D eigenvalue weighted by atomic mass is 14.3. The Bertz CT molecular complexity index is 113. The summed E-state index contributed by atoms with van der Waals surface area (Å²) >= 11 is 0. The van der Waals surface area contributed by atoms with Crippen LogP contribution >= 0.6 is 0 Å². The lowest BCUT2D eigenvalue weighted by atomic mass is 9.83. The molecule has 0 aliphatic rings. The molecule has 12 heavy (non-hydrogen) atoms. The molecule has 0 bridgehead atoms. The standard InChI is InChI=1S/C11H21N/c1-4-7-10(5-2)11(6-3)8-9-12/h4,9-12H,1,5-8H2,2-3H3. The minimum atomic E-state index is 0.686. The molecule has 1 nitrogen and oxygen atoms in total. The lowest BCUT2D eigenvalue weighted by molar-refractivity contribution is 0.325. The first-order valence-corrected chi connectivity index (χ1v) is 4.89. The van der Waals surface area contributed by atoms with Crippen molar-refractivity contribution < 1.29 is 0 Å². The molecule has 0 spiro atoms. The van der Waals surface area contributed by atoms with Crippen LogP contribution in [0.25, 0.3) is 0 Å². The molecule has 0 saturated carbocycles. The highest BCUT2D eigenvalue weighted by molar-refractivity contribution is 5.53. The maximum atomic E-state index is 7.09. The van der Waals surface area contributed by atoms with Crippen LogP contribution in [0.1, 0.15) is 39.5 Å². The molecular formula is C11H21N. The molecule has 1 heteroatoms. The molecule has 0 rings (SSSR count). The molecule has 0 aliphatic carbocycles. The minimum absolute atomic E-state index is 0.686. The summed E-state index contributed by atoms with van der Waals surface area (Å²) in [6.07, 6.45) is 7.96. The van der Waals surface area contributed by atoms with Crippen LogP contribution in [0.5, 0.6) is 0 Å². The number of nitrogens with one attached hydrogen (secondary N) is 1. The lowest BCUT2D eigenvalue weighted by Crippen LogP contribution is -2.13. The van der Waals surface area contributed by atoms with Gasteiger partial charge in [-0.3, -0.25) is 0 Å². The first-order chi connectivity index (χ1) is 5.79. The maximum Gasteiger partial charge on any atom is -0.00449 e. The molecular weight excluding hydrogens is 146 g/mol. The first-order valence-electron chi connectivity index (χ1n) is 4.89. The molecule has 0 aromatic heterocycles. The lowest BCUT2D eigenvalue weighted by Gasteiger charge is -2.22. The van der Waals surface area contributed by atoms with Gasteiger partial charge in [0, 0.05) is 0 Å². The van der Waals surface area contributed by atoms with E-state index in [0.717, 1.165) is 18.8 Å². The van der Waals surface area contributed by atoms with Crippen molar-refractivity contribution in [3.05, 3.63) is 12.7 Å². The van der Waals surface area contributed by atoms with Crippen molar-refractivity contribution in [2.45, 2.75) is 39.5 Å². The van der Waals surface area contributed by atoms with E-state index in [0.29, 0.717) is 5.92 Å². The highest BCUT2D eigenvalue weighted by Crippen LogP contribution is 2.25. The fourth-order valence-electron chi connectivity index (χ4n) is 1.75. The number of rotatable bonds is 7. The molecule has 0 aromatic carbocycles. The number of hydrogen-bond acceptors (Lipinski definition) is 1. The van der Waals surface area contributed by atoms with E-state index in [2.05, 4.69) is 20.4 Å². The van der Waals surface area contributed by atoms with Crippen molar-refractivity contribution >= 4 is 6.21 Å². The monoisotopic (exact) mass is 167 g/mol. The van der Waals surface area contributed by atoms with Gasteiger partial charge in [-0.25, -0.2) is 0 Å². The second-order valence-corrected chi connectivity index (χ2v) is 3.30. The topological polar surface area (TPSA) is 23.9 Å². The van der Waals surface area contributed by atoms with Crippen molar-refractivity contribution in [3.8, 4) is 0 Å². The molecule has 0 saturated heterocycles. The normalized spacial score (nSPS) is 15.2. The second kappa shape index (κ2) is 7.08. The van der Waals surface area contributed by atoms with Gasteiger partial charge in [-0.05, 0) is 30.9 Å². The minimum Gasteiger partial charge on any atom is -0.313 e. The van der Waals surface area contributed by atoms with Gasteiger partial charge in [0.25, 0.3) is 0 Å². The molecule has 2 atom stereocenters. The Labute approximate surface area is 76.4 Å². The van der Waals surface area contributed by atoms with E-state index < -0.39 is 0 Å². The van der Waals surface area contributed by atoms with Crippen LogP contribution in [0.3, 0.4) is 0 Å². The van der Waals surface area contributed by atoms with Crippen LogP contribution in [0.2, 0.25) is 0 Å². The molecule has 0 aliphatic heterocycles. The van der Waals surface area contributed by atoms with Gasteiger partial charge in [0.15, 0.2) is 0 Å². The Hall–Kier alpha value is -0.590. The van der Waals surface area contributed by atoms with E-state index in [9.17, 15) is 0 Å². The van der Waals surface area contributed by atoms with Crippen molar-refractivity contribution in [1.82, 2.24) is 0 Å². The first kappa shape index (κ1) is 11.4. The zero-order valence-corrected chi connectivity index (χ0v) is 8.34. The molecule has 0 aromatic rings. The van der Waals surface area contributed by atoms with Crippen molar-refractivity contribution in [2.24, 2.45) is 11.8 Å². The third-order valence-corrected chi connectivity index (χ3v) is 2.61. The van der Waals surface area contributed by atoms with Crippen LogP contribution in [-0.4, -0.2) is 6.21 Å². The van der Waals surface area contributed by atoms with Crippen LogP contribution < -0.4 is 0 Å². The van der Waals surface area contributed by atoms with Crippen LogP contribution in [0.4, 0.5) is 0 Å². The average Bonchev–Trinajstić information content (AvgIpc) is 2.11. The maximum absolute atomic E-state index is 7.09.